The second-order valence-electron chi connectivity index (χ2n) is 8.18. The molecule has 1 fully saturated rings. The van der Waals surface area contributed by atoms with Crippen molar-refractivity contribution in [3.05, 3.63) is 77.1 Å². The highest BCUT2D eigenvalue weighted by Crippen LogP contribution is 2.32. The third-order valence-corrected chi connectivity index (χ3v) is 7.84. The number of aromatic nitrogens is 2. The smallest absolute Gasteiger partial charge is 0.349 e. The van der Waals surface area contributed by atoms with Gasteiger partial charge in [0.2, 0.25) is 15.9 Å². The van der Waals surface area contributed by atoms with E-state index in [1.54, 1.807) is 0 Å². The number of rotatable bonds is 6. The van der Waals surface area contributed by atoms with Gasteiger partial charge in [-0.2, -0.15) is 17.5 Å². The lowest BCUT2D eigenvalue weighted by atomic mass is 10.1. The predicted molar refractivity (Wildman–Crippen MR) is 123 cm³/mol. The van der Waals surface area contributed by atoms with Crippen molar-refractivity contribution in [1.29, 1.82) is 0 Å². The number of hydrogen-bond acceptors (Lipinski definition) is 5. The first kappa shape index (κ1) is 26.9. The van der Waals surface area contributed by atoms with Crippen LogP contribution < -0.4 is 5.32 Å². The standard InChI is InChI=1S/C23H18ClF5N4O3S/c24-19-11-30-16(8-18(19)13-1-6-21(31-9-13)23(27,28)29)10-32-22(34)20-7-15(26)12-33(20)37(35,36)17-4-2-14(25)3-5-17/h1-6,8-9,11,15,20H,7,10,12H2,(H,32,34)/t15-,20+/m1/s1. The van der Waals surface area contributed by atoms with Gasteiger partial charge in [0.15, 0.2) is 0 Å². The molecule has 0 spiro atoms. The van der Waals surface area contributed by atoms with E-state index in [-0.39, 0.29) is 34.1 Å². The summed E-state index contributed by atoms with van der Waals surface area (Å²) in [6, 6.07) is 6.03. The van der Waals surface area contributed by atoms with Crippen molar-refractivity contribution in [3.63, 3.8) is 0 Å². The van der Waals surface area contributed by atoms with Crippen LogP contribution in [0, 0.1) is 5.82 Å². The number of sulfonamides is 1. The largest absolute Gasteiger partial charge is 0.433 e. The summed E-state index contributed by atoms with van der Waals surface area (Å²) in [6.45, 7) is -0.739. The van der Waals surface area contributed by atoms with Gasteiger partial charge in [-0.05, 0) is 36.4 Å². The van der Waals surface area contributed by atoms with Crippen LogP contribution in [-0.2, 0) is 27.5 Å². The van der Waals surface area contributed by atoms with Crippen molar-refractivity contribution >= 4 is 27.5 Å². The van der Waals surface area contributed by atoms with Gasteiger partial charge in [0.1, 0.15) is 23.7 Å². The Morgan fingerprint density at radius 2 is 1.81 bits per heavy atom. The number of halogens is 6. The molecule has 14 heteroatoms. The Morgan fingerprint density at radius 1 is 1.11 bits per heavy atom. The number of amides is 1. The molecule has 2 aromatic heterocycles. The lowest BCUT2D eigenvalue weighted by Crippen LogP contribution is -2.45. The fourth-order valence-corrected chi connectivity index (χ4v) is 5.66. The Balaban J connectivity index is 1.50. The zero-order valence-corrected chi connectivity index (χ0v) is 20.3. The molecule has 1 N–H and O–H groups in total. The average Bonchev–Trinajstić information content (AvgIpc) is 3.26. The summed E-state index contributed by atoms with van der Waals surface area (Å²) in [5, 5.41) is 2.64. The molecule has 1 aliphatic heterocycles. The number of carbonyl (C=O) groups excluding carboxylic acids is 1. The Labute approximate surface area is 213 Å². The van der Waals surface area contributed by atoms with E-state index in [0.717, 1.165) is 40.8 Å². The van der Waals surface area contributed by atoms with Gasteiger partial charge >= 0.3 is 6.18 Å². The molecule has 0 radical (unpaired) electrons. The SMILES string of the molecule is O=C(NCc1cc(-c2ccc(C(F)(F)F)nc2)c(Cl)cn1)[C@@H]1C[C@@H](F)CN1S(=O)(=O)c1ccc(F)cc1. The Bertz CT molecular complexity index is 1400. The zero-order chi connectivity index (χ0) is 27.0. The summed E-state index contributed by atoms with van der Waals surface area (Å²) < 4.78 is 92.4. The van der Waals surface area contributed by atoms with E-state index >= 15 is 0 Å². The maximum Gasteiger partial charge on any atom is 0.433 e. The summed E-state index contributed by atoms with van der Waals surface area (Å²) in [5.41, 5.74) is -0.222. The van der Waals surface area contributed by atoms with E-state index in [9.17, 15) is 35.2 Å². The van der Waals surface area contributed by atoms with E-state index in [1.165, 1.54) is 18.3 Å². The molecule has 1 amide bonds. The molecule has 3 heterocycles. The molecule has 2 atom stereocenters. The van der Waals surface area contributed by atoms with Crippen molar-refractivity contribution in [1.82, 2.24) is 19.6 Å². The second kappa shape index (κ2) is 10.3. The number of pyridine rings is 2. The van der Waals surface area contributed by atoms with Crippen LogP contribution in [0.1, 0.15) is 17.8 Å². The number of hydrogen-bond donors (Lipinski definition) is 1. The number of nitrogens with zero attached hydrogens (tertiary/aromatic N) is 3. The predicted octanol–water partition coefficient (Wildman–Crippen LogP) is 4.37. The summed E-state index contributed by atoms with van der Waals surface area (Å²) in [6.07, 6.45) is -4.31. The molecular weight excluding hydrogens is 543 g/mol. The number of alkyl halides is 4. The first-order valence-corrected chi connectivity index (χ1v) is 12.6. The molecule has 7 nitrogen and oxygen atoms in total. The normalized spacial score (nSPS) is 18.6. The Morgan fingerprint density at radius 3 is 2.43 bits per heavy atom. The van der Waals surface area contributed by atoms with E-state index in [1.807, 2.05) is 0 Å². The summed E-state index contributed by atoms with van der Waals surface area (Å²) in [7, 11) is -4.28. The van der Waals surface area contributed by atoms with Gasteiger partial charge in [-0.3, -0.25) is 14.8 Å². The van der Waals surface area contributed by atoms with Gasteiger partial charge in [-0.25, -0.2) is 17.2 Å². The van der Waals surface area contributed by atoms with Gasteiger partial charge in [0.25, 0.3) is 0 Å². The van der Waals surface area contributed by atoms with Gasteiger partial charge in [0.05, 0.1) is 22.2 Å². The van der Waals surface area contributed by atoms with Crippen molar-refractivity contribution in [2.75, 3.05) is 6.54 Å². The highest BCUT2D eigenvalue weighted by atomic mass is 35.5. The van der Waals surface area contributed by atoms with Crippen LogP contribution in [0.2, 0.25) is 5.02 Å². The van der Waals surface area contributed by atoms with Gasteiger partial charge in [-0.15, -0.1) is 0 Å². The van der Waals surface area contributed by atoms with E-state index < -0.39 is 52.4 Å². The molecule has 3 aromatic rings. The van der Waals surface area contributed by atoms with Crippen LogP contribution in [-0.4, -0.2) is 47.4 Å². The number of benzene rings is 1. The molecule has 1 aliphatic rings. The number of carbonyl (C=O) groups is 1. The molecular formula is C23H18ClF5N4O3S. The van der Waals surface area contributed by atoms with Crippen LogP contribution >= 0.6 is 11.6 Å². The van der Waals surface area contributed by atoms with Crippen LogP contribution in [0.5, 0.6) is 0 Å². The highest BCUT2D eigenvalue weighted by molar-refractivity contribution is 7.89. The minimum Gasteiger partial charge on any atom is -0.349 e. The van der Waals surface area contributed by atoms with Crippen LogP contribution in [0.3, 0.4) is 0 Å². The maximum absolute atomic E-state index is 14.2. The minimum atomic E-state index is -4.60. The fraction of sp³-hybridized carbons (Fsp3) is 0.261. The topological polar surface area (TPSA) is 92.3 Å². The zero-order valence-electron chi connectivity index (χ0n) is 18.7. The fourth-order valence-electron chi connectivity index (χ4n) is 3.82. The van der Waals surface area contributed by atoms with Crippen molar-refractivity contribution in [3.8, 4) is 11.1 Å². The molecule has 4 rings (SSSR count). The molecule has 1 aromatic carbocycles. The lowest BCUT2D eigenvalue weighted by molar-refractivity contribution is -0.141. The maximum atomic E-state index is 14.2. The van der Waals surface area contributed by atoms with E-state index in [2.05, 4.69) is 15.3 Å². The molecule has 196 valence electrons. The van der Waals surface area contributed by atoms with Crippen LogP contribution in [0.15, 0.2) is 59.8 Å². The summed E-state index contributed by atoms with van der Waals surface area (Å²) >= 11 is 6.14. The molecule has 0 saturated carbocycles. The third kappa shape index (κ3) is 5.89. The van der Waals surface area contributed by atoms with Crippen molar-refractivity contribution in [2.45, 2.75) is 36.3 Å². The monoisotopic (exact) mass is 560 g/mol. The number of nitrogens with one attached hydrogen (secondary N) is 1. The van der Waals surface area contributed by atoms with E-state index in [4.69, 9.17) is 11.6 Å². The lowest BCUT2D eigenvalue weighted by Gasteiger charge is -2.23. The molecule has 0 unspecified atom stereocenters. The minimum absolute atomic E-state index is 0.129. The first-order valence-electron chi connectivity index (χ1n) is 10.7. The third-order valence-electron chi connectivity index (χ3n) is 5.65. The quantitative estimate of drug-likeness (QED) is 0.452. The summed E-state index contributed by atoms with van der Waals surface area (Å²) in [4.78, 5) is 20.0. The van der Waals surface area contributed by atoms with Gasteiger partial charge in [0, 0.05) is 36.5 Å². The summed E-state index contributed by atoms with van der Waals surface area (Å²) in [5.74, 6) is -1.43. The molecule has 1 saturated heterocycles. The Kier molecular flexibility index (Phi) is 7.49. The van der Waals surface area contributed by atoms with Gasteiger partial charge in [-0.1, -0.05) is 17.7 Å². The average molecular weight is 561 g/mol. The molecule has 0 aliphatic carbocycles. The van der Waals surface area contributed by atoms with Crippen molar-refractivity contribution < 1.29 is 35.2 Å². The van der Waals surface area contributed by atoms with Crippen molar-refractivity contribution in [2.24, 2.45) is 0 Å². The van der Waals surface area contributed by atoms with Crippen LogP contribution in [0.4, 0.5) is 22.0 Å². The highest BCUT2D eigenvalue weighted by Gasteiger charge is 2.44. The van der Waals surface area contributed by atoms with Gasteiger partial charge < -0.3 is 5.32 Å². The molecule has 0 bridgehead atoms. The van der Waals surface area contributed by atoms with E-state index in [0.29, 0.717) is 5.56 Å². The molecule has 37 heavy (non-hydrogen) atoms. The van der Waals surface area contributed by atoms with Crippen LogP contribution in [0.25, 0.3) is 11.1 Å². The first-order chi connectivity index (χ1) is 17.4. The Hall–Kier alpha value is -3.16. The second-order valence-corrected chi connectivity index (χ2v) is 10.5.